The summed E-state index contributed by atoms with van der Waals surface area (Å²) in [5.41, 5.74) is 1.13. The maximum Gasteiger partial charge on any atom is 0.335 e. The highest BCUT2D eigenvalue weighted by molar-refractivity contribution is 9.10. The largest absolute Gasteiger partial charge is 0.479 e. The van der Waals surface area contributed by atoms with Crippen molar-refractivity contribution in [3.8, 4) is 11.5 Å². The molecule has 0 aliphatic carbocycles. The third kappa shape index (κ3) is 5.76. The zero-order valence-electron chi connectivity index (χ0n) is 17.8. The van der Waals surface area contributed by atoms with Crippen LogP contribution in [0.4, 0.5) is 4.39 Å². The van der Waals surface area contributed by atoms with E-state index < -0.39 is 29.9 Å². The second-order valence-electron chi connectivity index (χ2n) is 7.40. The summed E-state index contributed by atoms with van der Waals surface area (Å²) in [5, 5.41) is 23.9. The number of rotatable bonds is 7. The molecule has 0 bridgehead atoms. The van der Waals surface area contributed by atoms with E-state index in [4.69, 9.17) is 14.6 Å². The first-order valence-corrected chi connectivity index (χ1v) is 10.9. The maximum absolute atomic E-state index is 13.4. The molecule has 1 fully saturated rings. The highest BCUT2D eigenvalue weighted by atomic mass is 79.9. The van der Waals surface area contributed by atoms with Gasteiger partial charge in [-0.2, -0.15) is 4.80 Å². The average molecular weight is 536 g/mol. The summed E-state index contributed by atoms with van der Waals surface area (Å²) in [7, 11) is 0. The molecule has 3 heterocycles. The minimum absolute atomic E-state index is 0.0694. The van der Waals surface area contributed by atoms with Gasteiger partial charge in [-0.1, -0.05) is 6.07 Å². The molecule has 0 radical (unpaired) electrons. The number of benzene rings is 1. The molecule has 1 amide bonds. The van der Waals surface area contributed by atoms with Crippen LogP contribution in [-0.2, 0) is 27.4 Å². The Balaban J connectivity index is 1.41. The second kappa shape index (κ2) is 10.3. The molecule has 1 aromatic carbocycles. The Morgan fingerprint density at radius 1 is 1.26 bits per heavy atom. The van der Waals surface area contributed by atoms with Crippen molar-refractivity contribution in [1.82, 2.24) is 35.5 Å². The van der Waals surface area contributed by atoms with E-state index in [1.54, 1.807) is 19.1 Å². The van der Waals surface area contributed by atoms with E-state index in [1.165, 1.54) is 16.9 Å². The highest BCUT2D eigenvalue weighted by Crippen LogP contribution is 2.17. The van der Waals surface area contributed by atoms with Gasteiger partial charge in [-0.25, -0.2) is 19.2 Å². The Kier molecular flexibility index (Phi) is 7.19. The molecule has 1 aliphatic rings. The number of hydrogen-bond acceptors (Lipinski definition) is 9. The summed E-state index contributed by atoms with van der Waals surface area (Å²) in [6.07, 6.45) is -1.42. The highest BCUT2D eigenvalue weighted by Gasteiger charge is 2.28. The van der Waals surface area contributed by atoms with E-state index >= 15 is 0 Å². The zero-order chi connectivity index (χ0) is 24.2. The fourth-order valence-corrected chi connectivity index (χ4v) is 3.54. The van der Waals surface area contributed by atoms with Gasteiger partial charge in [-0.05, 0) is 51.8 Å². The van der Waals surface area contributed by atoms with Gasteiger partial charge in [0.25, 0.3) is 5.91 Å². The lowest BCUT2D eigenvalue weighted by molar-refractivity contribution is -0.177. The van der Waals surface area contributed by atoms with Gasteiger partial charge >= 0.3 is 5.97 Å². The number of tetrazole rings is 1. The number of carbonyl (C=O) groups excluding carboxylic acids is 1. The number of aliphatic carboxylic acids is 1. The van der Waals surface area contributed by atoms with Crippen molar-refractivity contribution in [1.29, 1.82) is 0 Å². The predicted molar refractivity (Wildman–Crippen MR) is 116 cm³/mol. The first kappa shape index (κ1) is 23.8. The average Bonchev–Trinajstić information content (AvgIpc) is 3.28. The van der Waals surface area contributed by atoms with Crippen molar-refractivity contribution < 1.29 is 28.6 Å². The molecule has 12 nitrogen and oxygen atoms in total. The van der Waals surface area contributed by atoms with Crippen LogP contribution in [0.2, 0.25) is 0 Å². The van der Waals surface area contributed by atoms with Gasteiger partial charge in [0, 0.05) is 6.54 Å². The number of nitrogens with one attached hydrogen (secondary N) is 1. The van der Waals surface area contributed by atoms with Gasteiger partial charge in [0.15, 0.2) is 6.10 Å². The van der Waals surface area contributed by atoms with Crippen LogP contribution in [0.3, 0.4) is 0 Å². The summed E-state index contributed by atoms with van der Waals surface area (Å²) < 4.78 is 24.4. The molecule has 34 heavy (non-hydrogen) atoms. The lowest BCUT2D eigenvalue weighted by Crippen LogP contribution is -2.42. The molecule has 0 unspecified atom stereocenters. The zero-order valence-corrected chi connectivity index (χ0v) is 19.4. The molecule has 2 N–H and O–H groups in total. The monoisotopic (exact) mass is 535 g/mol. The SMILES string of the molecule is Cc1nc(C(=O)NCc2ccc(F)c(Br)c2)cc(-c2nnn(C[C@H]3CO[C@H](C(=O)O)CO3)n2)n1. The van der Waals surface area contributed by atoms with Crippen LogP contribution in [0, 0.1) is 12.7 Å². The number of nitrogens with zero attached hydrogens (tertiary/aromatic N) is 6. The molecule has 2 aromatic heterocycles. The fraction of sp³-hybridized carbons (Fsp3) is 0.350. The molecule has 0 saturated carbocycles. The molecular formula is C20H19BrFN7O5. The van der Waals surface area contributed by atoms with E-state index in [0.29, 0.717) is 21.6 Å². The normalized spacial score (nSPS) is 18.0. The molecule has 4 rings (SSSR count). The van der Waals surface area contributed by atoms with Crippen molar-refractivity contribution in [2.24, 2.45) is 0 Å². The van der Waals surface area contributed by atoms with Crippen LogP contribution in [0.15, 0.2) is 28.7 Å². The van der Waals surface area contributed by atoms with Crippen LogP contribution >= 0.6 is 15.9 Å². The minimum Gasteiger partial charge on any atom is -0.479 e. The molecule has 3 aromatic rings. The number of halogens is 2. The first-order chi connectivity index (χ1) is 16.3. The second-order valence-corrected chi connectivity index (χ2v) is 8.25. The van der Waals surface area contributed by atoms with Crippen LogP contribution < -0.4 is 5.32 Å². The topological polar surface area (TPSA) is 154 Å². The van der Waals surface area contributed by atoms with E-state index in [1.807, 2.05) is 0 Å². The van der Waals surface area contributed by atoms with Crippen molar-refractivity contribution in [2.45, 2.75) is 32.2 Å². The van der Waals surface area contributed by atoms with Gasteiger partial charge in [-0.15, -0.1) is 10.2 Å². The summed E-state index contributed by atoms with van der Waals surface area (Å²) in [6.45, 7) is 2.02. The van der Waals surface area contributed by atoms with Crippen molar-refractivity contribution in [3.63, 3.8) is 0 Å². The quantitative estimate of drug-likeness (QED) is 0.449. The summed E-state index contributed by atoms with van der Waals surface area (Å²) >= 11 is 3.12. The standard InChI is InChI=1S/C20H19BrFN7O5/c1-10-24-15(5-16(25-10)19(30)23-6-11-2-3-14(22)13(21)4-11)18-26-28-29(27-18)7-12-8-34-17(9-33-12)20(31)32/h2-5,12,17H,6-9H2,1H3,(H,23,30)(H,31,32)/t12-,17-/m0/s1. The summed E-state index contributed by atoms with van der Waals surface area (Å²) in [4.78, 5) is 33.3. The maximum atomic E-state index is 13.4. The van der Waals surface area contributed by atoms with E-state index in [-0.39, 0.29) is 37.8 Å². The molecule has 1 saturated heterocycles. The lowest BCUT2D eigenvalue weighted by Gasteiger charge is -2.26. The van der Waals surface area contributed by atoms with Crippen LogP contribution in [0.1, 0.15) is 21.9 Å². The van der Waals surface area contributed by atoms with Crippen molar-refractivity contribution in [3.05, 3.63) is 51.6 Å². The van der Waals surface area contributed by atoms with E-state index in [9.17, 15) is 14.0 Å². The number of aryl methyl sites for hydroxylation is 1. The Labute approximate surface area is 200 Å². The molecular weight excluding hydrogens is 517 g/mol. The smallest absolute Gasteiger partial charge is 0.335 e. The van der Waals surface area contributed by atoms with Crippen molar-refractivity contribution >= 4 is 27.8 Å². The van der Waals surface area contributed by atoms with Crippen LogP contribution in [0.5, 0.6) is 0 Å². The third-order valence-electron chi connectivity index (χ3n) is 4.80. The molecule has 178 valence electrons. The predicted octanol–water partition coefficient (Wildman–Crippen LogP) is 1.14. The Bertz CT molecular complexity index is 1220. The molecule has 14 heteroatoms. The third-order valence-corrected chi connectivity index (χ3v) is 5.41. The first-order valence-electron chi connectivity index (χ1n) is 10.1. The Morgan fingerprint density at radius 2 is 2.09 bits per heavy atom. The van der Waals surface area contributed by atoms with Gasteiger partial charge in [-0.3, -0.25) is 4.79 Å². The van der Waals surface area contributed by atoms with Gasteiger partial charge in [0.2, 0.25) is 5.82 Å². The number of carboxylic acid groups (broad SMARTS) is 1. The van der Waals surface area contributed by atoms with E-state index in [0.717, 1.165) is 0 Å². The minimum atomic E-state index is -1.08. The number of amides is 1. The molecule has 1 aliphatic heterocycles. The number of carbonyl (C=O) groups is 2. The number of carboxylic acids is 1. The Hall–Kier alpha value is -3.36. The van der Waals surface area contributed by atoms with Gasteiger partial charge in [0.05, 0.1) is 24.2 Å². The number of ether oxygens (including phenoxy) is 2. The van der Waals surface area contributed by atoms with Crippen LogP contribution in [0.25, 0.3) is 11.5 Å². The summed E-state index contributed by atoms with van der Waals surface area (Å²) in [6, 6.07) is 5.91. The number of aromatic nitrogens is 6. The van der Waals surface area contributed by atoms with E-state index in [2.05, 4.69) is 46.6 Å². The summed E-state index contributed by atoms with van der Waals surface area (Å²) in [5.74, 6) is -1.39. The fourth-order valence-electron chi connectivity index (χ4n) is 3.12. The molecule has 0 spiro atoms. The van der Waals surface area contributed by atoms with Crippen LogP contribution in [-0.4, -0.2) is 72.6 Å². The Morgan fingerprint density at radius 3 is 2.79 bits per heavy atom. The lowest BCUT2D eigenvalue weighted by atomic mass is 10.2. The van der Waals surface area contributed by atoms with Crippen molar-refractivity contribution in [2.75, 3.05) is 13.2 Å². The number of hydrogen-bond donors (Lipinski definition) is 2. The van der Waals surface area contributed by atoms with Gasteiger partial charge < -0.3 is 19.9 Å². The molecule has 2 atom stereocenters. The van der Waals surface area contributed by atoms with Gasteiger partial charge in [0.1, 0.15) is 29.1 Å².